The van der Waals surface area contributed by atoms with Crippen molar-refractivity contribution in [2.75, 3.05) is 0 Å². The molecule has 0 rings (SSSR count). The molecule has 0 fully saturated rings. The monoisotopic (exact) mass is 394 g/mol. The number of carboxylic acids is 2. The molecule has 2 N–H and O–H groups in total. The van der Waals surface area contributed by atoms with E-state index in [-0.39, 0.29) is 17.1 Å². The summed E-state index contributed by atoms with van der Waals surface area (Å²) < 4.78 is 0. The number of aliphatic carboxylic acids is 2. The molecule has 4 nitrogen and oxygen atoms in total. The number of unbranched alkanes of at least 4 members (excludes halogenated alkanes) is 6. The molecule has 28 heavy (non-hydrogen) atoms. The van der Waals surface area contributed by atoms with E-state index in [0.29, 0.717) is 12.8 Å². The zero-order valence-electron chi connectivity index (χ0n) is 18.6. The van der Waals surface area contributed by atoms with Crippen LogP contribution >= 0.6 is 0 Å². The molecule has 0 saturated carbocycles. The summed E-state index contributed by atoms with van der Waals surface area (Å²) in [6.45, 7) is 8.46. The lowest BCUT2D eigenvalue weighted by molar-refractivity contribution is -0.136. The molecule has 0 aromatic rings. The van der Waals surface area contributed by atoms with Crippen molar-refractivity contribution >= 4 is 11.9 Å². The summed E-state index contributed by atoms with van der Waals surface area (Å²) in [4.78, 5) is 24.2. The second kappa shape index (κ2) is 16.4. The Hall–Kier alpha value is -1.58. The zero-order valence-corrected chi connectivity index (χ0v) is 18.6. The quantitative estimate of drug-likeness (QED) is 0.156. The lowest BCUT2D eigenvalue weighted by atomic mass is 9.81. The minimum atomic E-state index is -1.12. The number of hydrogen-bond acceptors (Lipinski definition) is 2. The van der Waals surface area contributed by atoms with Crippen molar-refractivity contribution in [3.8, 4) is 0 Å². The molecular formula is C24H42O4. The van der Waals surface area contributed by atoms with Crippen LogP contribution in [0.2, 0.25) is 0 Å². The van der Waals surface area contributed by atoms with Crippen LogP contribution in [-0.4, -0.2) is 22.2 Å². The Bertz CT molecular complexity index is 509. The maximum atomic E-state index is 12.2. The number of carboxylic acid groups (broad SMARTS) is 2. The first kappa shape index (κ1) is 26.4. The third-order valence-electron chi connectivity index (χ3n) is 5.30. The summed E-state index contributed by atoms with van der Waals surface area (Å²) in [5.74, 6) is -2.04. The van der Waals surface area contributed by atoms with Crippen LogP contribution in [0.4, 0.5) is 0 Å². The lowest BCUT2D eigenvalue weighted by Crippen LogP contribution is -2.18. The van der Waals surface area contributed by atoms with Crippen molar-refractivity contribution in [1.82, 2.24) is 0 Å². The largest absolute Gasteiger partial charge is 0.478 e. The van der Waals surface area contributed by atoms with Gasteiger partial charge in [0.15, 0.2) is 0 Å². The summed E-state index contributed by atoms with van der Waals surface area (Å²) in [6, 6.07) is 0. The Morgan fingerprint density at radius 1 is 0.750 bits per heavy atom. The Balaban J connectivity index is 6.18. The molecule has 0 radical (unpaired) electrons. The molecule has 0 unspecified atom stereocenters. The molecule has 0 spiro atoms. The molecule has 0 saturated heterocycles. The van der Waals surface area contributed by atoms with Crippen molar-refractivity contribution < 1.29 is 19.8 Å². The molecule has 162 valence electrons. The van der Waals surface area contributed by atoms with E-state index in [9.17, 15) is 19.8 Å². The molecule has 0 aliphatic heterocycles. The maximum absolute atomic E-state index is 12.2. The van der Waals surface area contributed by atoms with Gasteiger partial charge in [-0.3, -0.25) is 0 Å². The first-order valence-corrected chi connectivity index (χ1v) is 11.3. The topological polar surface area (TPSA) is 74.6 Å². The maximum Gasteiger partial charge on any atom is 0.336 e. The van der Waals surface area contributed by atoms with Crippen LogP contribution in [0.15, 0.2) is 22.8 Å². The molecule has 0 heterocycles. The molecule has 0 amide bonds. The second-order valence-electron chi connectivity index (χ2n) is 7.71. The number of rotatable bonds is 17. The number of hydrogen-bond donors (Lipinski definition) is 2. The van der Waals surface area contributed by atoms with Crippen molar-refractivity contribution in [2.45, 2.75) is 111 Å². The molecule has 0 aliphatic carbocycles. The van der Waals surface area contributed by atoms with Crippen molar-refractivity contribution in [2.24, 2.45) is 5.92 Å². The predicted molar refractivity (Wildman–Crippen MR) is 117 cm³/mol. The SMILES string of the molecule is CCCCCC=C(C(=O)O)C(C(=O)O)=C(CCCC)C(CCCC)CCCC. The third kappa shape index (κ3) is 10.1. The van der Waals surface area contributed by atoms with Gasteiger partial charge in [0.05, 0.1) is 11.1 Å². The third-order valence-corrected chi connectivity index (χ3v) is 5.30. The van der Waals surface area contributed by atoms with E-state index < -0.39 is 11.9 Å². The van der Waals surface area contributed by atoms with E-state index in [1.807, 2.05) is 0 Å². The molecule has 0 atom stereocenters. The van der Waals surface area contributed by atoms with E-state index in [4.69, 9.17) is 0 Å². The average Bonchev–Trinajstić information content (AvgIpc) is 2.66. The molecule has 0 aromatic carbocycles. The molecular weight excluding hydrogens is 352 g/mol. The first-order valence-electron chi connectivity index (χ1n) is 11.3. The van der Waals surface area contributed by atoms with Gasteiger partial charge >= 0.3 is 11.9 Å². The van der Waals surface area contributed by atoms with Crippen molar-refractivity contribution in [3.05, 3.63) is 22.8 Å². The van der Waals surface area contributed by atoms with Gasteiger partial charge in [-0.1, -0.05) is 84.3 Å². The predicted octanol–water partition coefficient (Wildman–Crippen LogP) is 7.15. The van der Waals surface area contributed by atoms with Gasteiger partial charge < -0.3 is 10.2 Å². The van der Waals surface area contributed by atoms with Gasteiger partial charge in [0.2, 0.25) is 0 Å². The fourth-order valence-corrected chi connectivity index (χ4v) is 3.66. The molecule has 0 aromatic heterocycles. The van der Waals surface area contributed by atoms with E-state index in [2.05, 4.69) is 27.7 Å². The van der Waals surface area contributed by atoms with Crippen LogP contribution in [0.5, 0.6) is 0 Å². The summed E-state index contributed by atoms with van der Waals surface area (Å²) in [6.07, 6.45) is 13.8. The fraction of sp³-hybridized carbons (Fsp3) is 0.750. The summed E-state index contributed by atoms with van der Waals surface area (Å²) in [7, 11) is 0. The van der Waals surface area contributed by atoms with Gasteiger partial charge in [-0.15, -0.1) is 0 Å². The van der Waals surface area contributed by atoms with Gasteiger partial charge in [0.25, 0.3) is 0 Å². The molecule has 4 heteroatoms. The Morgan fingerprint density at radius 3 is 1.71 bits per heavy atom. The molecule has 0 bridgehead atoms. The molecule has 0 aliphatic rings. The van der Waals surface area contributed by atoms with Crippen LogP contribution in [-0.2, 0) is 9.59 Å². The Kier molecular flexibility index (Phi) is 15.5. The normalized spacial score (nSPS) is 13.0. The van der Waals surface area contributed by atoms with E-state index >= 15 is 0 Å². The standard InChI is InChI=1S/C24H42O4/c1-5-9-13-14-18-21(23(25)26)22(24(27)28)20(17-12-8-4)19(15-10-6-2)16-11-7-3/h18-19H,5-17H2,1-4H3,(H,25,26)(H,27,28). The van der Waals surface area contributed by atoms with Crippen LogP contribution < -0.4 is 0 Å². The van der Waals surface area contributed by atoms with Gasteiger partial charge in [0, 0.05) is 0 Å². The zero-order chi connectivity index (χ0) is 21.4. The first-order chi connectivity index (χ1) is 13.4. The van der Waals surface area contributed by atoms with Crippen LogP contribution in [0.3, 0.4) is 0 Å². The Labute approximate surface area is 172 Å². The van der Waals surface area contributed by atoms with Gasteiger partial charge in [0.1, 0.15) is 0 Å². The number of carbonyl (C=O) groups is 2. The van der Waals surface area contributed by atoms with Gasteiger partial charge in [-0.2, -0.15) is 0 Å². The lowest BCUT2D eigenvalue weighted by Gasteiger charge is -2.23. The second-order valence-corrected chi connectivity index (χ2v) is 7.71. The van der Waals surface area contributed by atoms with E-state index in [1.165, 1.54) is 0 Å². The van der Waals surface area contributed by atoms with Crippen LogP contribution in [0.25, 0.3) is 0 Å². The summed E-state index contributed by atoms with van der Waals surface area (Å²) in [5, 5.41) is 19.8. The fourth-order valence-electron chi connectivity index (χ4n) is 3.66. The smallest absolute Gasteiger partial charge is 0.336 e. The average molecular weight is 395 g/mol. The van der Waals surface area contributed by atoms with E-state index in [1.54, 1.807) is 6.08 Å². The van der Waals surface area contributed by atoms with Crippen molar-refractivity contribution in [3.63, 3.8) is 0 Å². The van der Waals surface area contributed by atoms with Gasteiger partial charge in [-0.05, 0) is 44.4 Å². The number of allylic oxidation sites excluding steroid dienone is 2. The minimum absolute atomic E-state index is 0.00676. The van der Waals surface area contributed by atoms with E-state index in [0.717, 1.165) is 76.2 Å². The van der Waals surface area contributed by atoms with Crippen LogP contribution in [0.1, 0.15) is 111 Å². The highest BCUT2D eigenvalue weighted by Gasteiger charge is 2.27. The minimum Gasteiger partial charge on any atom is -0.478 e. The highest BCUT2D eigenvalue weighted by molar-refractivity contribution is 6.06. The summed E-state index contributed by atoms with van der Waals surface area (Å²) in [5.41, 5.74) is 0.919. The highest BCUT2D eigenvalue weighted by Crippen LogP contribution is 2.33. The van der Waals surface area contributed by atoms with Crippen LogP contribution in [0, 0.1) is 5.92 Å². The highest BCUT2D eigenvalue weighted by atomic mass is 16.4. The summed E-state index contributed by atoms with van der Waals surface area (Å²) >= 11 is 0. The van der Waals surface area contributed by atoms with Gasteiger partial charge in [-0.25, -0.2) is 9.59 Å². The Morgan fingerprint density at radius 2 is 1.29 bits per heavy atom. The van der Waals surface area contributed by atoms with Crippen molar-refractivity contribution in [1.29, 1.82) is 0 Å².